The second-order valence-electron chi connectivity index (χ2n) is 6.31. The van der Waals surface area contributed by atoms with Crippen LogP contribution in [0.1, 0.15) is 37.7 Å². The van der Waals surface area contributed by atoms with Crippen molar-refractivity contribution in [2.24, 2.45) is 0 Å². The summed E-state index contributed by atoms with van der Waals surface area (Å²) in [6, 6.07) is 6.22. The zero-order valence-electron chi connectivity index (χ0n) is 12.8. The number of nitrogens with one attached hydrogen (secondary N) is 1. The Balaban J connectivity index is 1.57. The van der Waals surface area contributed by atoms with E-state index in [-0.39, 0.29) is 11.9 Å². The first-order chi connectivity index (χ1) is 10.2. The third kappa shape index (κ3) is 4.17. The molecule has 1 aliphatic carbocycles. The number of ether oxygens (including phenoxy) is 1. The van der Waals surface area contributed by atoms with Gasteiger partial charge in [0, 0.05) is 32.8 Å². The molecule has 3 nitrogen and oxygen atoms in total. The Morgan fingerprint density at radius 2 is 2.14 bits per heavy atom. The number of hydrogen-bond acceptors (Lipinski definition) is 3. The molecule has 21 heavy (non-hydrogen) atoms. The van der Waals surface area contributed by atoms with Crippen LogP contribution in [0.25, 0.3) is 0 Å². The molecule has 1 aromatic carbocycles. The third-order valence-corrected chi connectivity index (χ3v) is 4.35. The summed E-state index contributed by atoms with van der Waals surface area (Å²) >= 11 is 0. The van der Waals surface area contributed by atoms with Crippen molar-refractivity contribution < 1.29 is 9.13 Å². The Kier molecular flexibility index (Phi) is 4.76. The number of benzene rings is 1. The number of anilines is 1. The number of halogens is 1. The number of hydrogen-bond donors (Lipinski definition) is 1. The Morgan fingerprint density at radius 1 is 1.29 bits per heavy atom. The van der Waals surface area contributed by atoms with Gasteiger partial charge in [-0.1, -0.05) is 6.07 Å². The van der Waals surface area contributed by atoms with Gasteiger partial charge in [0.1, 0.15) is 5.82 Å². The molecule has 1 heterocycles. The summed E-state index contributed by atoms with van der Waals surface area (Å²) in [7, 11) is 1.94. The van der Waals surface area contributed by atoms with Gasteiger partial charge in [0.25, 0.3) is 0 Å². The molecule has 0 bridgehead atoms. The Labute approximate surface area is 126 Å². The maximum Gasteiger partial charge on any atom is 0.146 e. The highest BCUT2D eigenvalue weighted by Gasteiger charge is 2.21. The van der Waals surface area contributed by atoms with Crippen LogP contribution in [0, 0.1) is 5.82 Å². The normalized spacial score (nSPS) is 22.3. The van der Waals surface area contributed by atoms with Crippen molar-refractivity contribution in [1.82, 2.24) is 5.32 Å². The molecule has 0 amide bonds. The van der Waals surface area contributed by atoms with Crippen molar-refractivity contribution >= 4 is 5.69 Å². The predicted octanol–water partition coefficient (Wildman–Crippen LogP) is 3.08. The van der Waals surface area contributed by atoms with Gasteiger partial charge < -0.3 is 15.0 Å². The van der Waals surface area contributed by atoms with Gasteiger partial charge in [-0.25, -0.2) is 4.39 Å². The van der Waals surface area contributed by atoms with Gasteiger partial charge in [-0.15, -0.1) is 0 Å². The minimum atomic E-state index is -0.136. The van der Waals surface area contributed by atoms with Crippen LogP contribution in [0.3, 0.4) is 0 Å². The summed E-state index contributed by atoms with van der Waals surface area (Å²) in [6.45, 7) is 2.36. The molecule has 2 aliphatic rings. The van der Waals surface area contributed by atoms with E-state index in [1.54, 1.807) is 6.07 Å². The zero-order valence-corrected chi connectivity index (χ0v) is 12.8. The number of likely N-dealkylation sites (N-methyl/N-ethyl adjacent to an activating group) is 1. The molecule has 1 aromatic rings. The van der Waals surface area contributed by atoms with Gasteiger partial charge in [-0.3, -0.25) is 0 Å². The fourth-order valence-corrected chi connectivity index (χ4v) is 2.87. The standard InChI is InChI=1S/C17H25FN2O/c1-20(12-15-4-2-3-9-21-15)17-8-5-13(10-16(17)18)11-19-14-6-7-14/h5,8,10,14-15,19H,2-4,6-7,9,11-12H2,1H3. The van der Waals surface area contributed by atoms with Crippen molar-refractivity contribution in [2.45, 2.75) is 50.8 Å². The van der Waals surface area contributed by atoms with E-state index in [0.717, 1.165) is 38.1 Å². The van der Waals surface area contributed by atoms with E-state index < -0.39 is 0 Å². The SMILES string of the molecule is CN(CC1CCCCO1)c1ccc(CNC2CC2)cc1F. The average molecular weight is 292 g/mol. The molecule has 1 atom stereocenters. The molecule has 0 spiro atoms. The molecule has 0 radical (unpaired) electrons. The lowest BCUT2D eigenvalue weighted by atomic mass is 10.1. The van der Waals surface area contributed by atoms with Crippen LogP contribution < -0.4 is 10.2 Å². The quantitative estimate of drug-likeness (QED) is 0.872. The summed E-state index contributed by atoms with van der Waals surface area (Å²) in [5, 5.41) is 3.41. The van der Waals surface area contributed by atoms with Gasteiger partial charge in [0.2, 0.25) is 0 Å². The van der Waals surface area contributed by atoms with Gasteiger partial charge in [0.05, 0.1) is 11.8 Å². The van der Waals surface area contributed by atoms with E-state index in [2.05, 4.69) is 5.32 Å². The molecule has 1 N–H and O–H groups in total. The molecule has 1 unspecified atom stereocenters. The van der Waals surface area contributed by atoms with Crippen molar-refractivity contribution in [2.75, 3.05) is 25.1 Å². The summed E-state index contributed by atoms with van der Waals surface area (Å²) in [5.41, 5.74) is 1.69. The fourth-order valence-electron chi connectivity index (χ4n) is 2.87. The van der Waals surface area contributed by atoms with Crippen LogP contribution in [0.2, 0.25) is 0 Å². The maximum atomic E-state index is 14.3. The summed E-state index contributed by atoms with van der Waals surface area (Å²) < 4.78 is 20.0. The van der Waals surface area contributed by atoms with E-state index in [1.165, 1.54) is 19.3 Å². The highest BCUT2D eigenvalue weighted by molar-refractivity contribution is 5.48. The van der Waals surface area contributed by atoms with Crippen LogP contribution in [0.15, 0.2) is 18.2 Å². The van der Waals surface area contributed by atoms with Gasteiger partial charge >= 0.3 is 0 Å². The second-order valence-corrected chi connectivity index (χ2v) is 6.31. The molecule has 1 saturated carbocycles. The van der Waals surface area contributed by atoms with E-state index in [1.807, 2.05) is 24.1 Å². The van der Waals surface area contributed by atoms with E-state index in [4.69, 9.17) is 4.74 Å². The Hall–Kier alpha value is -1.13. The van der Waals surface area contributed by atoms with Crippen molar-refractivity contribution in [3.8, 4) is 0 Å². The fraction of sp³-hybridized carbons (Fsp3) is 0.647. The van der Waals surface area contributed by atoms with Gasteiger partial charge in [-0.05, 0) is 49.8 Å². The van der Waals surface area contributed by atoms with E-state index >= 15 is 0 Å². The number of nitrogens with zero attached hydrogens (tertiary/aromatic N) is 1. The first kappa shape index (κ1) is 14.8. The largest absolute Gasteiger partial charge is 0.376 e. The first-order valence-corrected chi connectivity index (χ1v) is 8.07. The number of rotatable bonds is 6. The van der Waals surface area contributed by atoms with Crippen LogP contribution >= 0.6 is 0 Å². The highest BCUT2D eigenvalue weighted by atomic mass is 19.1. The topological polar surface area (TPSA) is 24.5 Å². The summed E-state index contributed by atoms with van der Waals surface area (Å²) in [6.07, 6.45) is 6.19. The van der Waals surface area contributed by atoms with Crippen molar-refractivity contribution in [1.29, 1.82) is 0 Å². The van der Waals surface area contributed by atoms with Crippen LogP contribution in [-0.4, -0.2) is 32.3 Å². The molecular formula is C17H25FN2O. The molecule has 1 aliphatic heterocycles. The maximum absolute atomic E-state index is 14.3. The smallest absolute Gasteiger partial charge is 0.146 e. The average Bonchev–Trinajstić information content (AvgIpc) is 3.30. The lowest BCUT2D eigenvalue weighted by molar-refractivity contribution is 0.0215. The molecular weight excluding hydrogens is 267 g/mol. The summed E-state index contributed by atoms with van der Waals surface area (Å²) in [5.74, 6) is -0.136. The minimum Gasteiger partial charge on any atom is -0.376 e. The molecule has 4 heteroatoms. The third-order valence-electron chi connectivity index (χ3n) is 4.35. The molecule has 0 aromatic heterocycles. The Bertz CT molecular complexity index is 470. The summed E-state index contributed by atoms with van der Waals surface area (Å²) in [4.78, 5) is 1.98. The van der Waals surface area contributed by atoms with E-state index in [0.29, 0.717) is 11.7 Å². The molecule has 2 fully saturated rings. The van der Waals surface area contributed by atoms with Crippen LogP contribution in [0.4, 0.5) is 10.1 Å². The molecule has 3 rings (SSSR count). The van der Waals surface area contributed by atoms with Gasteiger partial charge in [0.15, 0.2) is 0 Å². The zero-order chi connectivity index (χ0) is 14.7. The lowest BCUT2D eigenvalue weighted by Crippen LogP contribution is -2.33. The lowest BCUT2D eigenvalue weighted by Gasteiger charge is -2.29. The Morgan fingerprint density at radius 3 is 2.81 bits per heavy atom. The molecule has 1 saturated heterocycles. The monoisotopic (exact) mass is 292 g/mol. The predicted molar refractivity (Wildman–Crippen MR) is 83.1 cm³/mol. The second kappa shape index (κ2) is 6.75. The first-order valence-electron chi connectivity index (χ1n) is 8.07. The van der Waals surface area contributed by atoms with Crippen molar-refractivity contribution in [3.63, 3.8) is 0 Å². The van der Waals surface area contributed by atoms with Crippen LogP contribution in [0.5, 0.6) is 0 Å². The minimum absolute atomic E-state index is 0.136. The highest BCUT2D eigenvalue weighted by Crippen LogP contribution is 2.23. The van der Waals surface area contributed by atoms with E-state index in [9.17, 15) is 4.39 Å². The van der Waals surface area contributed by atoms with Crippen LogP contribution in [-0.2, 0) is 11.3 Å². The van der Waals surface area contributed by atoms with Crippen molar-refractivity contribution in [3.05, 3.63) is 29.6 Å². The van der Waals surface area contributed by atoms with Gasteiger partial charge in [-0.2, -0.15) is 0 Å². The molecule has 116 valence electrons.